The number of ether oxygens (including phenoxy) is 3. The van der Waals surface area contributed by atoms with E-state index in [-0.39, 0.29) is 24.6 Å². The molecule has 1 aliphatic rings. The first-order valence-electron chi connectivity index (χ1n) is 8.09. The van der Waals surface area contributed by atoms with Gasteiger partial charge < -0.3 is 19.3 Å². The molecule has 0 saturated carbocycles. The van der Waals surface area contributed by atoms with Gasteiger partial charge in [0.2, 0.25) is 11.3 Å². The number of aromatic hydroxyl groups is 1. The van der Waals surface area contributed by atoms with Crippen molar-refractivity contribution >= 4 is 5.97 Å². The van der Waals surface area contributed by atoms with E-state index < -0.39 is 29.0 Å². The minimum absolute atomic E-state index is 0.0834. The summed E-state index contributed by atoms with van der Waals surface area (Å²) in [7, 11) is 3.32. The van der Waals surface area contributed by atoms with Crippen LogP contribution in [0, 0.1) is 0 Å². The maximum atomic E-state index is 14.4. The topological polar surface area (TPSA) is 68.2 Å². The van der Waals surface area contributed by atoms with Crippen LogP contribution in [0.2, 0.25) is 0 Å². The Bertz CT molecular complexity index is 633. The lowest BCUT2D eigenvalue weighted by Gasteiger charge is -2.44. The van der Waals surface area contributed by atoms with Crippen LogP contribution in [0.3, 0.4) is 0 Å². The first kappa shape index (κ1) is 20.2. The fourth-order valence-electron chi connectivity index (χ4n) is 3.37. The number of hydrogen-bond acceptors (Lipinski definition) is 6. The summed E-state index contributed by atoms with van der Waals surface area (Å²) in [5.41, 5.74) is -3.44. The molecule has 0 bridgehead atoms. The van der Waals surface area contributed by atoms with Crippen LogP contribution >= 0.6 is 0 Å². The minimum Gasteiger partial charge on any atom is -0.502 e. The summed E-state index contributed by atoms with van der Waals surface area (Å²) in [6, 6.07) is 1.99. The summed E-state index contributed by atoms with van der Waals surface area (Å²) in [5.74, 6) is -2.34. The third kappa shape index (κ3) is 3.15. The highest BCUT2D eigenvalue weighted by atomic mass is 19.4. The number of alkyl halides is 3. The van der Waals surface area contributed by atoms with Gasteiger partial charge in [0.15, 0.2) is 11.5 Å². The van der Waals surface area contributed by atoms with E-state index in [1.54, 1.807) is 0 Å². The van der Waals surface area contributed by atoms with E-state index in [0.717, 1.165) is 30.6 Å². The average Bonchev–Trinajstić information content (AvgIpc) is 2.62. The summed E-state index contributed by atoms with van der Waals surface area (Å²) < 4.78 is 57.6. The molecule has 6 nitrogen and oxygen atoms in total. The molecule has 26 heavy (non-hydrogen) atoms. The fourth-order valence-corrected chi connectivity index (χ4v) is 3.37. The van der Waals surface area contributed by atoms with Crippen molar-refractivity contribution in [2.24, 2.45) is 0 Å². The monoisotopic (exact) mass is 377 g/mol. The minimum atomic E-state index is -4.97. The number of carbonyl (C=O) groups excluding carboxylic acids is 1. The van der Waals surface area contributed by atoms with Crippen molar-refractivity contribution in [3.63, 3.8) is 0 Å². The van der Waals surface area contributed by atoms with E-state index in [1.807, 2.05) is 0 Å². The molecule has 0 amide bonds. The van der Waals surface area contributed by atoms with Crippen LogP contribution in [0.4, 0.5) is 13.2 Å². The molecule has 0 aliphatic carbocycles. The number of benzene rings is 1. The summed E-state index contributed by atoms with van der Waals surface area (Å²) in [6.07, 6.45) is -3.12. The molecule has 1 heterocycles. The number of rotatable bonds is 5. The molecule has 0 spiro atoms. The molecule has 1 atom stereocenters. The van der Waals surface area contributed by atoms with Crippen LogP contribution < -0.4 is 9.47 Å². The van der Waals surface area contributed by atoms with Crippen molar-refractivity contribution in [3.8, 4) is 17.2 Å². The first-order chi connectivity index (χ1) is 12.2. The number of halogens is 3. The molecule has 0 unspecified atom stereocenters. The van der Waals surface area contributed by atoms with Gasteiger partial charge in [0.05, 0.1) is 21.3 Å². The molecule has 0 aromatic heterocycles. The van der Waals surface area contributed by atoms with Crippen molar-refractivity contribution in [1.82, 2.24) is 4.90 Å². The molecule has 1 aromatic carbocycles. The number of phenols is 1. The lowest BCUT2D eigenvalue weighted by Crippen LogP contribution is -2.62. The number of hydrogen-bond donors (Lipinski definition) is 1. The molecule has 1 fully saturated rings. The summed E-state index contributed by atoms with van der Waals surface area (Å²) in [5, 5.41) is 10.0. The van der Waals surface area contributed by atoms with Crippen LogP contribution in [0.1, 0.15) is 24.8 Å². The molecular formula is C17H22F3NO5. The zero-order chi connectivity index (χ0) is 19.5. The zero-order valence-corrected chi connectivity index (χ0v) is 14.9. The molecule has 146 valence electrons. The number of esters is 1. The van der Waals surface area contributed by atoms with Gasteiger partial charge >= 0.3 is 12.1 Å². The van der Waals surface area contributed by atoms with E-state index in [4.69, 9.17) is 9.47 Å². The second-order valence-corrected chi connectivity index (χ2v) is 5.98. The smallest absolute Gasteiger partial charge is 0.421 e. The van der Waals surface area contributed by atoms with Crippen LogP contribution in [0.15, 0.2) is 12.1 Å². The zero-order valence-electron chi connectivity index (χ0n) is 14.9. The summed E-state index contributed by atoms with van der Waals surface area (Å²) in [6.45, 7) is 0.167. The highest BCUT2D eigenvalue weighted by Gasteiger charge is 2.66. The van der Waals surface area contributed by atoms with Gasteiger partial charge in [0.1, 0.15) is 0 Å². The van der Waals surface area contributed by atoms with Gasteiger partial charge in [0, 0.05) is 5.56 Å². The van der Waals surface area contributed by atoms with Crippen LogP contribution in [0.5, 0.6) is 17.2 Å². The van der Waals surface area contributed by atoms with Crippen molar-refractivity contribution < 1.29 is 37.3 Å². The third-order valence-electron chi connectivity index (χ3n) is 4.62. The number of piperidine rings is 1. The predicted octanol–water partition coefficient (Wildman–Crippen LogP) is 2.83. The Hall–Kier alpha value is -2.16. The predicted molar refractivity (Wildman–Crippen MR) is 86.4 cm³/mol. The number of methoxy groups -OCH3 is 3. The Kier molecular flexibility index (Phi) is 5.90. The summed E-state index contributed by atoms with van der Waals surface area (Å²) in [4.78, 5) is 13.6. The van der Waals surface area contributed by atoms with E-state index in [2.05, 4.69) is 4.74 Å². The highest BCUT2D eigenvalue weighted by Crippen LogP contribution is 2.49. The standard InChI is InChI=1S/C17H22F3NO5/c1-24-12-9-11(10-13(25-2)14(12)22)16(15(23)26-3,17(18,19)20)21-7-5-4-6-8-21/h9-10,22H,4-8H2,1-3H3/t16-/m1/s1. The van der Waals surface area contributed by atoms with Gasteiger partial charge in [-0.2, -0.15) is 13.2 Å². The van der Waals surface area contributed by atoms with Gasteiger partial charge in [-0.3, -0.25) is 4.90 Å². The van der Waals surface area contributed by atoms with Crippen molar-refractivity contribution in [1.29, 1.82) is 0 Å². The Morgan fingerprint density at radius 2 is 1.54 bits per heavy atom. The lowest BCUT2D eigenvalue weighted by atomic mass is 9.84. The molecule has 1 aromatic rings. The van der Waals surface area contributed by atoms with E-state index in [0.29, 0.717) is 12.8 Å². The van der Waals surface area contributed by atoms with Gasteiger partial charge in [-0.1, -0.05) is 6.42 Å². The number of nitrogens with zero attached hydrogens (tertiary/aromatic N) is 1. The van der Waals surface area contributed by atoms with E-state index in [1.165, 1.54) is 14.2 Å². The van der Waals surface area contributed by atoms with Crippen molar-refractivity contribution in [3.05, 3.63) is 17.7 Å². The van der Waals surface area contributed by atoms with E-state index in [9.17, 15) is 23.1 Å². The molecule has 1 aliphatic heterocycles. The quantitative estimate of drug-likeness (QED) is 0.796. The van der Waals surface area contributed by atoms with E-state index >= 15 is 0 Å². The highest BCUT2D eigenvalue weighted by molar-refractivity contribution is 5.84. The van der Waals surface area contributed by atoms with Crippen LogP contribution in [-0.4, -0.2) is 56.6 Å². The number of phenolic OH excluding ortho intramolecular Hbond substituents is 1. The Balaban J connectivity index is 2.80. The lowest BCUT2D eigenvalue weighted by molar-refractivity contribution is -0.246. The number of likely N-dealkylation sites (tertiary alicyclic amines) is 1. The first-order valence-corrected chi connectivity index (χ1v) is 8.09. The third-order valence-corrected chi connectivity index (χ3v) is 4.62. The molecule has 2 rings (SSSR count). The second-order valence-electron chi connectivity index (χ2n) is 5.98. The molecule has 0 radical (unpaired) electrons. The Morgan fingerprint density at radius 1 is 1.04 bits per heavy atom. The molecule has 1 N–H and O–H groups in total. The fraction of sp³-hybridized carbons (Fsp3) is 0.588. The van der Waals surface area contributed by atoms with Gasteiger partial charge in [-0.15, -0.1) is 0 Å². The van der Waals surface area contributed by atoms with Crippen molar-refractivity contribution in [2.45, 2.75) is 31.0 Å². The SMILES string of the molecule is COC(=O)[C@@](c1cc(OC)c(O)c(OC)c1)(N1CCCCC1)C(F)(F)F. The Morgan fingerprint density at radius 3 is 1.92 bits per heavy atom. The summed E-state index contributed by atoms with van der Waals surface area (Å²) >= 11 is 0. The van der Waals surface area contributed by atoms with Gasteiger partial charge in [0.25, 0.3) is 0 Å². The largest absolute Gasteiger partial charge is 0.502 e. The number of carbonyl (C=O) groups is 1. The van der Waals surface area contributed by atoms with Crippen LogP contribution in [-0.2, 0) is 15.1 Å². The molecular weight excluding hydrogens is 355 g/mol. The average molecular weight is 377 g/mol. The van der Waals surface area contributed by atoms with Crippen molar-refractivity contribution in [2.75, 3.05) is 34.4 Å². The maximum Gasteiger partial charge on any atom is 0.421 e. The van der Waals surface area contributed by atoms with Gasteiger partial charge in [-0.05, 0) is 38.1 Å². The second kappa shape index (κ2) is 7.61. The molecule has 9 heteroatoms. The van der Waals surface area contributed by atoms with Gasteiger partial charge in [-0.25, -0.2) is 4.79 Å². The Labute approximate surface area is 149 Å². The molecule has 1 saturated heterocycles. The van der Waals surface area contributed by atoms with Crippen LogP contribution in [0.25, 0.3) is 0 Å². The normalized spacial score (nSPS) is 18.1. The maximum absolute atomic E-state index is 14.4.